The van der Waals surface area contributed by atoms with Crippen molar-refractivity contribution in [2.45, 2.75) is 24.6 Å². The predicted molar refractivity (Wildman–Crippen MR) is 102 cm³/mol. The molecule has 10 heteroatoms. The highest BCUT2D eigenvalue weighted by atomic mass is 35.5. The number of carboxylic acid groups (broad SMARTS) is 1. The van der Waals surface area contributed by atoms with Crippen LogP contribution < -0.4 is 9.64 Å². The summed E-state index contributed by atoms with van der Waals surface area (Å²) in [5.41, 5.74) is -4.08. The summed E-state index contributed by atoms with van der Waals surface area (Å²) in [6, 6.07) is 6.67. The summed E-state index contributed by atoms with van der Waals surface area (Å²) in [4.78, 5) is 24.1. The lowest BCUT2D eigenvalue weighted by molar-refractivity contribution is -0.274. The molecule has 2 aromatic rings. The number of aromatic carboxylic acids is 1. The van der Waals surface area contributed by atoms with E-state index in [2.05, 4.69) is 0 Å². The Labute approximate surface area is 174 Å². The zero-order valence-corrected chi connectivity index (χ0v) is 16.6. The molecular formula is C20H17ClF3NO5. The quantitative estimate of drug-likeness (QED) is 0.747. The van der Waals surface area contributed by atoms with Gasteiger partial charge in [-0.3, -0.25) is 4.79 Å². The van der Waals surface area contributed by atoms with E-state index in [0.717, 1.165) is 42.2 Å². The summed E-state index contributed by atoms with van der Waals surface area (Å²) >= 11 is 6.05. The van der Waals surface area contributed by atoms with E-state index in [-0.39, 0.29) is 34.2 Å². The van der Waals surface area contributed by atoms with E-state index < -0.39 is 35.1 Å². The molecule has 0 aliphatic carbocycles. The van der Waals surface area contributed by atoms with Gasteiger partial charge in [0.2, 0.25) is 0 Å². The summed E-state index contributed by atoms with van der Waals surface area (Å²) in [7, 11) is 1.39. The highest BCUT2D eigenvalue weighted by Gasteiger charge is 2.59. The van der Waals surface area contributed by atoms with Crippen molar-refractivity contribution in [3.63, 3.8) is 0 Å². The Kier molecular flexibility index (Phi) is 5.46. The van der Waals surface area contributed by atoms with Crippen LogP contribution in [0, 0.1) is 0 Å². The van der Waals surface area contributed by atoms with Crippen molar-refractivity contribution in [2.24, 2.45) is 0 Å². The van der Waals surface area contributed by atoms with E-state index >= 15 is 0 Å². The molecule has 0 radical (unpaired) electrons. The maximum absolute atomic E-state index is 14.2. The van der Waals surface area contributed by atoms with Gasteiger partial charge in [-0.1, -0.05) is 30.7 Å². The second-order valence-corrected chi connectivity index (χ2v) is 7.36. The Bertz CT molecular complexity index is 1030. The summed E-state index contributed by atoms with van der Waals surface area (Å²) in [5, 5.41) is 19.8. The van der Waals surface area contributed by atoms with Gasteiger partial charge in [-0.25, -0.2) is 4.79 Å². The highest BCUT2D eigenvalue weighted by molar-refractivity contribution is 6.31. The van der Waals surface area contributed by atoms with Crippen LogP contribution in [-0.4, -0.2) is 41.9 Å². The largest absolute Gasteiger partial charge is 0.482 e. The van der Waals surface area contributed by atoms with Gasteiger partial charge in [0.1, 0.15) is 5.75 Å². The number of alkyl halides is 3. The van der Waals surface area contributed by atoms with E-state index in [1.165, 1.54) is 13.1 Å². The highest BCUT2D eigenvalue weighted by Crippen LogP contribution is 2.51. The number of nitrogens with zero attached hydrogens (tertiary/aromatic N) is 1. The number of likely N-dealkylation sites (N-methyl/N-ethyl adjacent to an activating group) is 1. The number of carbonyl (C=O) groups is 2. The van der Waals surface area contributed by atoms with Gasteiger partial charge in [0.15, 0.2) is 12.2 Å². The average Bonchev–Trinajstić information content (AvgIpc) is 2.68. The molecule has 3 rings (SSSR count). The molecule has 1 heterocycles. The Hall–Kier alpha value is -2.78. The van der Waals surface area contributed by atoms with Crippen LogP contribution in [0.3, 0.4) is 0 Å². The van der Waals surface area contributed by atoms with Gasteiger partial charge in [0, 0.05) is 18.0 Å². The lowest BCUT2D eigenvalue weighted by Crippen LogP contribution is -2.47. The monoisotopic (exact) mass is 443 g/mol. The first-order valence-electron chi connectivity index (χ1n) is 8.73. The molecule has 1 aliphatic rings. The maximum Gasteiger partial charge on any atom is 0.422 e. The van der Waals surface area contributed by atoms with Crippen molar-refractivity contribution in [2.75, 3.05) is 18.6 Å². The van der Waals surface area contributed by atoms with Gasteiger partial charge in [-0.05, 0) is 35.4 Å². The number of ether oxygens (including phenoxy) is 1. The average molecular weight is 444 g/mol. The minimum absolute atomic E-state index is 0.0834. The maximum atomic E-state index is 14.2. The van der Waals surface area contributed by atoms with Gasteiger partial charge in [-0.2, -0.15) is 13.2 Å². The molecular weight excluding hydrogens is 427 g/mol. The first kappa shape index (κ1) is 21.9. The summed E-state index contributed by atoms with van der Waals surface area (Å²) in [5.74, 6) is -3.13. The molecule has 160 valence electrons. The van der Waals surface area contributed by atoms with Crippen LogP contribution in [0.1, 0.15) is 34.3 Å². The molecule has 30 heavy (non-hydrogen) atoms. The molecule has 0 bridgehead atoms. The molecule has 2 N–H and O–H groups in total. The lowest BCUT2D eigenvalue weighted by atomic mass is 9.77. The van der Waals surface area contributed by atoms with E-state index in [1.54, 1.807) is 0 Å². The molecule has 0 spiro atoms. The number of carbonyl (C=O) groups excluding carboxylic acids is 1. The number of hydrogen-bond donors (Lipinski definition) is 2. The van der Waals surface area contributed by atoms with Crippen LogP contribution in [0.4, 0.5) is 18.9 Å². The van der Waals surface area contributed by atoms with Crippen molar-refractivity contribution in [1.82, 2.24) is 0 Å². The fourth-order valence-corrected chi connectivity index (χ4v) is 3.75. The second kappa shape index (κ2) is 7.48. The normalized spacial score (nSPS) is 17.0. The van der Waals surface area contributed by atoms with Crippen molar-refractivity contribution in [3.05, 3.63) is 58.1 Å². The van der Waals surface area contributed by atoms with Gasteiger partial charge < -0.3 is 19.8 Å². The number of halogens is 4. The molecule has 2 atom stereocenters. The zero-order chi connectivity index (χ0) is 22.4. The smallest absolute Gasteiger partial charge is 0.422 e. The fraction of sp³-hybridized carbons (Fsp3) is 0.300. The van der Waals surface area contributed by atoms with Gasteiger partial charge in [0.25, 0.3) is 5.91 Å². The van der Waals surface area contributed by atoms with Crippen molar-refractivity contribution in [1.29, 1.82) is 0 Å². The Morgan fingerprint density at radius 2 is 1.90 bits per heavy atom. The van der Waals surface area contributed by atoms with Crippen molar-refractivity contribution in [3.8, 4) is 5.75 Å². The van der Waals surface area contributed by atoms with Gasteiger partial charge >= 0.3 is 12.1 Å². The van der Waals surface area contributed by atoms with E-state index in [0.29, 0.717) is 0 Å². The van der Waals surface area contributed by atoms with E-state index in [4.69, 9.17) is 21.4 Å². The number of amides is 1. The lowest BCUT2D eigenvalue weighted by Gasteiger charge is -2.38. The third kappa shape index (κ3) is 3.48. The number of aliphatic hydroxyl groups is 1. The molecule has 0 fully saturated rings. The van der Waals surface area contributed by atoms with Crippen LogP contribution in [-0.2, 0) is 10.4 Å². The minimum Gasteiger partial charge on any atom is -0.482 e. The summed E-state index contributed by atoms with van der Waals surface area (Å²) < 4.78 is 47.7. The predicted octanol–water partition coefficient (Wildman–Crippen LogP) is 3.95. The molecule has 0 saturated carbocycles. The first-order chi connectivity index (χ1) is 13.9. The van der Waals surface area contributed by atoms with Crippen molar-refractivity contribution < 1.29 is 37.7 Å². The van der Waals surface area contributed by atoms with Crippen LogP contribution in [0.25, 0.3) is 0 Å². The first-order valence-corrected chi connectivity index (χ1v) is 9.11. The zero-order valence-electron chi connectivity index (χ0n) is 15.8. The van der Waals surface area contributed by atoms with Crippen LogP contribution in [0.5, 0.6) is 5.75 Å². The topological polar surface area (TPSA) is 87.1 Å². The number of anilines is 1. The molecule has 0 aromatic heterocycles. The van der Waals surface area contributed by atoms with Gasteiger partial charge in [0.05, 0.1) is 11.3 Å². The Morgan fingerprint density at radius 1 is 1.23 bits per heavy atom. The standard InChI is InChI=1S/C20H17ClF3NO5/c1-10(13-5-3-11(18(27)28)7-14(13)21)19(29,20(22,23)24)12-4-6-16-15(8-12)25(2)17(26)9-30-16/h3-8,10,29H,9H2,1-2H3,(H,27,28)/t10-,19-/m0/s1. The minimum atomic E-state index is -5.12. The SMILES string of the molecule is C[C@@H](c1ccc(C(=O)O)cc1Cl)[C@](O)(c1ccc2c(c1)N(C)C(=O)CO2)C(F)(F)F. The molecule has 1 aliphatic heterocycles. The fourth-order valence-electron chi connectivity index (χ4n) is 3.40. The second-order valence-electron chi connectivity index (χ2n) is 6.95. The number of fused-ring (bicyclic) bond motifs is 1. The third-order valence-electron chi connectivity index (χ3n) is 5.26. The molecule has 6 nitrogen and oxygen atoms in total. The number of carboxylic acids is 1. The van der Waals surface area contributed by atoms with Crippen LogP contribution in [0.15, 0.2) is 36.4 Å². The van der Waals surface area contributed by atoms with Crippen LogP contribution in [0.2, 0.25) is 5.02 Å². The van der Waals surface area contributed by atoms with Crippen LogP contribution >= 0.6 is 11.6 Å². The third-order valence-corrected chi connectivity index (χ3v) is 5.59. The molecule has 1 amide bonds. The molecule has 2 aromatic carbocycles. The number of rotatable bonds is 4. The van der Waals surface area contributed by atoms with E-state index in [9.17, 15) is 27.9 Å². The molecule has 0 saturated heterocycles. The summed E-state index contributed by atoms with van der Waals surface area (Å²) in [6.45, 7) is 0.897. The Morgan fingerprint density at radius 3 is 2.47 bits per heavy atom. The molecule has 0 unspecified atom stereocenters. The van der Waals surface area contributed by atoms with Gasteiger partial charge in [-0.15, -0.1) is 0 Å². The number of hydrogen-bond acceptors (Lipinski definition) is 4. The van der Waals surface area contributed by atoms with Crippen molar-refractivity contribution >= 4 is 29.2 Å². The summed E-state index contributed by atoms with van der Waals surface area (Å²) in [6.07, 6.45) is -5.12. The Balaban J connectivity index is 2.15. The van der Waals surface area contributed by atoms with E-state index in [1.807, 2.05) is 0 Å². The number of benzene rings is 2.